The third-order valence-electron chi connectivity index (χ3n) is 10.9. The number of ether oxygens (including phenoxy) is 1. The molecule has 5 nitrogen and oxygen atoms in total. The molecule has 4 heterocycles. The fourth-order valence-corrected chi connectivity index (χ4v) is 9.13. The van der Waals surface area contributed by atoms with E-state index < -0.39 is 0 Å². The van der Waals surface area contributed by atoms with E-state index in [1.54, 1.807) is 17.5 Å². The summed E-state index contributed by atoms with van der Waals surface area (Å²) in [6.07, 6.45) is 1.77. The van der Waals surface area contributed by atoms with Gasteiger partial charge in [-0.15, -0.1) is 11.3 Å². The summed E-state index contributed by atoms with van der Waals surface area (Å²) in [4.78, 5) is 14.7. The highest BCUT2D eigenvalue weighted by Gasteiger charge is 2.44. The summed E-state index contributed by atoms with van der Waals surface area (Å²) >= 11 is 1.75. The molecule has 0 atom stereocenters. The number of thiazole rings is 1. The Morgan fingerprint density at radius 3 is 1.87 bits per heavy atom. The topological polar surface area (TPSA) is 41.5 Å². The van der Waals surface area contributed by atoms with Crippen molar-refractivity contribution in [2.24, 2.45) is 0 Å². The van der Waals surface area contributed by atoms with Gasteiger partial charge in [0.15, 0.2) is 0 Å². The lowest BCUT2D eigenvalue weighted by Crippen LogP contribution is -2.62. The lowest BCUT2D eigenvalue weighted by atomic mass is 9.33. The van der Waals surface area contributed by atoms with Gasteiger partial charge in [0.2, 0.25) is 5.88 Å². The van der Waals surface area contributed by atoms with Gasteiger partial charge >= 0.3 is 0 Å². The number of benzene rings is 6. The summed E-state index contributed by atoms with van der Waals surface area (Å²) < 4.78 is 7.65. The first-order chi connectivity index (χ1) is 26.9. The molecular weight excluding hydrogens is 691 g/mol. The van der Waals surface area contributed by atoms with E-state index in [0.29, 0.717) is 5.88 Å². The van der Waals surface area contributed by atoms with Crippen LogP contribution in [0.5, 0.6) is 11.6 Å². The molecule has 0 amide bonds. The van der Waals surface area contributed by atoms with Gasteiger partial charge in [-0.2, -0.15) is 0 Å². The smallest absolute Gasteiger partial charge is 0.252 e. The quantitative estimate of drug-likeness (QED) is 0.153. The average Bonchev–Trinajstić information content (AvgIpc) is 3.65. The second-order valence-electron chi connectivity index (χ2n) is 15.5. The molecule has 0 unspecified atom stereocenters. The zero-order valence-corrected chi connectivity index (χ0v) is 31.9. The van der Waals surface area contributed by atoms with Gasteiger partial charge in [-0.1, -0.05) is 106 Å². The Bertz CT molecular complexity index is 2640. The van der Waals surface area contributed by atoms with Crippen LogP contribution >= 0.6 is 11.3 Å². The highest BCUT2D eigenvalue weighted by molar-refractivity contribution is 7.21. The van der Waals surface area contributed by atoms with E-state index in [0.717, 1.165) is 34.9 Å². The minimum Gasteiger partial charge on any atom is -0.439 e. The molecule has 266 valence electrons. The van der Waals surface area contributed by atoms with Crippen LogP contribution in [0.4, 0.5) is 22.7 Å². The molecule has 55 heavy (non-hydrogen) atoms. The molecule has 8 aromatic rings. The third-order valence-corrected chi connectivity index (χ3v) is 12.0. The SMILES string of the molecule is CC(C)(C)c1cc2c3c(c1)N(Cc1ccccc1)c1ccc(-c4nc5ccccc5s4)cc1B3c1cc(Oc3ccccn3)ccc1N2Cc1ccccc1. The van der Waals surface area contributed by atoms with Gasteiger partial charge in [0.05, 0.1) is 10.2 Å². The van der Waals surface area contributed by atoms with E-state index >= 15 is 0 Å². The van der Waals surface area contributed by atoms with E-state index in [-0.39, 0.29) is 12.1 Å². The van der Waals surface area contributed by atoms with E-state index in [9.17, 15) is 0 Å². The number of aromatic nitrogens is 2. The van der Waals surface area contributed by atoms with Crippen molar-refractivity contribution in [1.29, 1.82) is 0 Å². The Morgan fingerprint density at radius 2 is 1.24 bits per heavy atom. The van der Waals surface area contributed by atoms with Crippen molar-refractivity contribution in [1.82, 2.24) is 9.97 Å². The Labute approximate surface area is 326 Å². The number of pyridine rings is 1. The van der Waals surface area contributed by atoms with Gasteiger partial charge in [0.25, 0.3) is 6.71 Å². The van der Waals surface area contributed by atoms with Crippen LogP contribution in [-0.4, -0.2) is 16.7 Å². The van der Waals surface area contributed by atoms with E-state index in [1.165, 1.54) is 60.5 Å². The Kier molecular flexibility index (Phi) is 8.07. The largest absolute Gasteiger partial charge is 0.439 e. The predicted molar refractivity (Wildman–Crippen MR) is 230 cm³/mol. The third kappa shape index (κ3) is 6.05. The second-order valence-corrected chi connectivity index (χ2v) is 16.5. The highest BCUT2D eigenvalue weighted by atomic mass is 32.1. The minimum atomic E-state index is -0.0739. The van der Waals surface area contributed by atoms with Crippen LogP contribution in [-0.2, 0) is 18.5 Å². The number of hydrogen-bond donors (Lipinski definition) is 0. The number of anilines is 4. The van der Waals surface area contributed by atoms with E-state index in [1.807, 2.05) is 18.2 Å². The molecule has 2 aliphatic heterocycles. The standard InChI is InChI=1S/C48H39BN4OS/c1-48(2,3)35-27-42-46-43(28-35)53(31-33-16-8-5-9-17-33)41-24-22-36(54-45-20-12-13-25-50-45)29-38(41)49(46)37-26-34(47-51-39-18-10-11-19-44(39)55-47)21-23-40(37)52(42)30-32-14-6-4-7-15-32/h4-29H,30-31H2,1-3H3. The van der Waals surface area contributed by atoms with Gasteiger partial charge in [0.1, 0.15) is 10.8 Å². The average molecular weight is 731 g/mol. The lowest BCUT2D eigenvalue weighted by Gasteiger charge is -2.45. The molecule has 0 radical (unpaired) electrons. The maximum absolute atomic E-state index is 6.46. The fourth-order valence-electron chi connectivity index (χ4n) is 8.17. The van der Waals surface area contributed by atoms with Gasteiger partial charge in [-0.05, 0) is 99.2 Å². The Morgan fingerprint density at radius 1 is 0.618 bits per heavy atom. The Balaban J connectivity index is 1.24. The van der Waals surface area contributed by atoms with Crippen molar-refractivity contribution in [3.8, 4) is 22.2 Å². The summed E-state index contributed by atoms with van der Waals surface area (Å²) in [7, 11) is 0. The molecule has 10 rings (SSSR count). The monoisotopic (exact) mass is 730 g/mol. The van der Waals surface area contributed by atoms with Crippen LogP contribution in [0.2, 0.25) is 0 Å². The summed E-state index contributed by atoms with van der Waals surface area (Å²) in [5.41, 5.74) is 14.6. The maximum Gasteiger partial charge on any atom is 0.252 e. The Hall–Kier alpha value is -6.18. The number of hydrogen-bond acceptors (Lipinski definition) is 6. The molecule has 0 N–H and O–H groups in total. The van der Waals surface area contributed by atoms with Crippen LogP contribution in [0.15, 0.2) is 158 Å². The molecule has 0 bridgehead atoms. The van der Waals surface area contributed by atoms with Crippen molar-refractivity contribution in [2.75, 3.05) is 9.80 Å². The van der Waals surface area contributed by atoms with Crippen molar-refractivity contribution >= 4 is 67.4 Å². The molecule has 2 aromatic heterocycles. The van der Waals surface area contributed by atoms with Gasteiger partial charge < -0.3 is 14.5 Å². The summed E-state index contributed by atoms with van der Waals surface area (Å²) in [6, 6.07) is 54.4. The van der Waals surface area contributed by atoms with Crippen LogP contribution in [0, 0.1) is 0 Å². The summed E-state index contributed by atoms with van der Waals surface area (Å²) in [5, 5.41) is 1.03. The number of fused-ring (bicyclic) bond motifs is 5. The van der Waals surface area contributed by atoms with Gasteiger partial charge in [-0.25, -0.2) is 9.97 Å². The molecule has 0 saturated heterocycles. The second kappa shape index (κ2) is 13.3. The van der Waals surface area contributed by atoms with Crippen molar-refractivity contribution < 1.29 is 4.74 Å². The maximum atomic E-state index is 6.46. The number of rotatable bonds is 7. The first-order valence-corrected chi connectivity index (χ1v) is 19.7. The number of para-hydroxylation sites is 1. The van der Waals surface area contributed by atoms with Crippen molar-refractivity contribution in [3.05, 3.63) is 175 Å². The lowest BCUT2D eigenvalue weighted by molar-refractivity contribution is 0.463. The molecular formula is C48H39BN4OS. The van der Waals surface area contributed by atoms with Crippen LogP contribution in [0.3, 0.4) is 0 Å². The number of nitrogens with zero attached hydrogens (tertiary/aromatic N) is 4. The first kappa shape index (κ1) is 33.4. The summed E-state index contributed by atoms with van der Waals surface area (Å²) in [6.45, 7) is 8.39. The molecule has 6 aromatic carbocycles. The van der Waals surface area contributed by atoms with E-state index in [2.05, 4.69) is 169 Å². The molecule has 0 fully saturated rings. The predicted octanol–water partition coefficient (Wildman–Crippen LogP) is 10.3. The van der Waals surface area contributed by atoms with Crippen molar-refractivity contribution in [2.45, 2.75) is 39.3 Å². The van der Waals surface area contributed by atoms with Crippen LogP contribution in [0.1, 0.15) is 37.5 Å². The first-order valence-electron chi connectivity index (χ1n) is 18.9. The minimum absolute atomic E-state index is 0.0512. The molecule has 0 aliphatic carbocycles. The van der Waals surface area contributed by atoms with Crippen LogP contribution < -0.4 is 30.9 Å². The zero-order valence-electron chi connectivity index (χ0n) is 31.1. The van der Waals surface area contributed by atoms with Crippen LogP contribution in [0.25, 0.3) is 20.8 Å². The highest BCUT2D eigenvalue weighted by Crippen LogP contribution is 2.43. The van der Waals surface area contributed by atoms with Gasteiger partial charge in [-0.3, -0.25) is 0 Å². The molecule has 2 aliphatic rings. The molecule has 0 spiro atoms. The normalized spacial score (nSPS) is 13.0. The van der Waals surface area contributed by atoms with E-state index in [4.69, 9.17) is 9.72 Å². The zero-order chi connectivity index (χ0) is 37.1. The molecule has 0 saturated carbocycles. The molecule has 7 heteroatoms. The fraction of sp³-hybridized carbons (Fsp3) is 0.125. The van der Waals surface area contributed by atoms with Gasteiger partial charge in [0, 0.05) is 53.7 Å². The summed E-state index contributed by atoms with van der Waals surface area (Å²) in [5.74, 6) is 1.34. The van der Waals surface area contributed by atoms with Crippen molar-refractivity contribution in [3.63, 3.8) is 0 Å².